The van der Waals surface area contributed by atoms with Crippen LogP contribution in [0.4, 0.5) is 0 Å². The lowest BCUT2D eigenvalue weighted by Gasteiger charge is -2.34. The minimum absolute atomic E-state index is 0.0944. The van der Waals surface area contributed by atoms with Gasteiger partial charge in [0.2, 0.25) is 0 Å². The summed E-state index contributed by atoms with van der Waals surface area (Å²) in [6, 6.07) is 10.8. The smallest absolute Gasteiger partial charge is 0.271 e. The Morgan fingerprint density at radius 3 is 3.08 bits per heavy atom. The van der Waals surface area contributed by atoms with E-state index in [0.717, 1.165) is 11.1 Å². The molecular weight excluding hydrogens is 328 g/mol. The van der Waals surface area contributed by atoms with Crippen LogP contribution in [0.3, 0.4) is 0 Å². The number of halogens is 1. The molecule has 1 amide bonds. The maximum atomic E-state index is 13.0. The summed E-state index contributed by atoms with van der Waals surface area (Å²) in [5.74, 6) is -0.0944. The lowest BCUT2D eigenvalue weighted by molar-refractivity contribution is -0.00415. The topological polar surface area (TPSA) is 71.1 Å². The first-order valence-corrected chi connectivity index (χ1v) is 8.05. The average molecular weight is 343 g/mol. The van der Waals surface area contributed by atoms with Gasteiger partial charge in [0.05, 0.1) is 24.9 Å². The number of carbonyl (C=O) groups excluding carboxylic acids is 1. The van der Waals surface area contributed by atoms with Crippen LogP contribution in [-0.2, 0) is 4.74 Å². The Balaban J connectivity index is 1.67. The third-order valence-electron chi connectivity index (χ3n) is 4.09. The number of H-pyrrole nitrogens is 1. The van der Waals surface area contributed by atoms with E-state index in [0.29, 0.717) is 36.3 Å². The molecule has 1 aliphatic rings. The number of rotatable bonds is 2. The minimum atomic E-state index is -0.199. The predicted molar refractivity (Wildman–Crippen MR) is 89.9 cm³/mol. The Labute approximate surface area is 143 Å². The van der Waals surface area contributed by atoms with Crippen LogP contribution in [0, 0.1) is 0 Å². The molecule has 3 aromatic heterocycles. The Morgan fingerprint density at radius 2 is 2.25 bits per heavy atom. The Bertz CT molecular complexity index is 881. The monoisotopic (exact) mass is 342 g/mol. The van der Waals surface area contributed by atoms with Crippen molar-refractivity contribution < 1.29 is 9.53 Å². The number of nitrogens with zero attached hydrogens (tertiary/aromatic N) is 3. The Hall–Kier alpha value is -2.44. The number of aromatic amines is 1. The van der Waals surface area contributed by atoms with Gasteiger partial charge in [0.15, 0.2) is 0 Å². The van der Waals surface area contributed by atoms with Crippen molar-refractivity contribution in [3.63, 3.8) is 0 Å². The molecule has 0 aromatic carbocycles. The summed E-state index contributed by atoms with van der Waals surface area (Å²) in [6.45, 7) is 1.47. The zero-order chi connectivity index (χ0) is 16.5. The molecule has 3 aromatic rings. The van der Waals surface area contributed by atoms with Crippen molar-refractivity contribution in [2.75, 3.05) is 19.8 Å². The largest absolute Gasteiger partial charge is 0.377 e. The first-order chi connectivity index (χ1) is 11.7. The highest BCUT2D eigenvalue weighted by Crippen LogP contribution is 2.25. The van der Waals surface area contributed by atoms with Gasteiger partial charge in [0.1, 0.15) is 16.5 Å². The van der Waals surface area contributed by atoms with Crippen molar-refractivity contribution >= 4 is 28.5 Å². The zero-order valence-electron chi connectivity index (χ0n) is 12.8. The molecule has 4 rings (SSSR count). The van der Waals surface area contributed by atoms with Gasteiger partial charge in [-0.2, -0.15) is 0 Å². The van der Waals surface area contributed by atoms with E-state index >= 15 is 0 Å². The Morgan fingerprint density at radius 1 is 1.33 bits per heavy atom. The normalized spacial score (nSPS) is 18.0. The van der Waals surface area contributed by atoms with Crippen molar-refractivity contribution in [1.82, 2.24) is 19.9 Å². The second-order valence-corrected chi connectivity index (χ2v) is 5.99. The van der Waals surface area contributed by atoms with Crippen molar-refractivity contribution in [3.05, 3.63) is 59.1 Å². The summed E-state index contributed by atoms with van der Waals surface area (Å²) in [5, 5.41) is 1.24. The van der Waals surface area contributed by atoms with Crippen LogP contribution in [0.5, 0.6) is 0 Å². The first-order valence-electron chi connectivity index (χ1n) is 7.67. The van der Waals surface area contributed by atoms with Gasteiger partial charge in [0, 0.05) is 18.1 Å². The summed E-state index contributed by atoms with van der Waals surface area (Å²) >= 11 is 5.91. The molecule has 1 aliphatic heterocycles. The number of pyridine rings is 2. The maximum Gasteiger partial charge on any atom is 0.271 e. The zero-order valence-corrected chi connectivity index (χ0v) is 13.5. The molecule has 6 nitrogen and oxygen atoms in total. The number of hydrogen-bond acceptors (Lipinski definition) is 4. The van der Waals surface area contributed by atoms with Crippen LogP contribution in [0.2, 0.25) is 5.15 Å². The van der Waals surface area contributed by atoms with E-state index < -0.39 is 0 Å². The summed E-state index contributed by atoms with van der Waals surface area (Å²) in [7, 11) is 0. The van der Waals surface area contributed by atoms with E-state index in [1.54, 1.807) is 23.2 Å². The van der Waals surface area contributed by atoms with Gasteiger partial charge in [-0.25, -0.2) is 4.98 Å². The summed E-state index contributed by atoms with van der Waals surface area (Å²) in [6.07, 6.45) is 1.72. The molecule has 0 unspecified atom stereocenters. The summed E-state index contributed by atoms with van der Waals surface area (Å²) < 4.78 is 5.55. The molecule has 0 bridgehead atoms. The molecule has 1 fully saturated rings. The molecule has 0 spiro atoms. The van der Waals surface area contributed by atoms with Gasteiger partial charge in [-0.15, -0.1) is 0 Å². The van der Waals surface area contributed by atoms with Gasteiger partial charge >= 0.3 is 0 Å². The molecule has 0 radical (unpaired) electrons. The predicted octanol–water partition coefficient (Wildman–Crippen LogP) is 2.83. The minimum Gasteiger partial charge on any atom is -0.377 e. The second-order valence-electron chi connectivity index (χ2n) is 5.60. The number of amides is 1. The summed E-state index contributed by atoms with van der Waals surface area (Å²) in [5.41, 5.74) is 1.92. The van der Waals surface area contributed by atoms with Crippen molar-refractivity contribution in [3.8, 4) is 0 Å². The molecule has 1 saturated heterocycles. The van der Waals surface area contributed by atoms with Crippen LogP contribution >= 0.6 is 11.6 Å². The SMILES string of the molecule is O=C(c1cc2ccc(Cl)nc2[nH]1)N1CCOC[C@@H]1c1ccccn1. The molecule has 24 heavy (non-hydrogen) atoms. The fraction of sp³-hybridized carbons (Fsp3) is 0.235. The van der Waals surface area contributed by atoms with Crippen molar-refractivity contribution in [2.45, 2.75) is 6.04 Å². The average Bonchev–Trinajstić information content (AvgIpc) is 3.05. The lowest BCUT2D eigenvalue weighted by Crippen LogP contribution is -2.43. The van der Waals surface area contributed by atoms with Crippen molar-refractivity contribution in [2.24, 2.45) is 0 Å². The quantitative estimate of drug-likeness (QED) is 0.727. The number of aromatic nitrogens is 3. The number of carbonyl (C=O) groups is 1. The molecule has 4 heterocycles. The molecule has 122 valence electrons. The summed E-state index contributed by atoms with van der Waals surface area (Å²) in [4.78, 5) is 26.4. The third-order valence-corrected chi connectivity index (χ3v) is 4.30. The van der Waals surface area contributed by atoms with Gasteiger partial charge < -0.3 is 14.6 Å². The van der Waals surface area contributed by atoms with E-state index in [9.17, 15) is 4.79 Å². The molecular formula is C17H15ClN4O2. The first kappa shape index (κ1) is 15.1. The molecule has 1 N–H and O–H groups in total. The highest BCUT2D eigenvalue weighted by molar-refractivity contribution is 6.29. The fourth-order valence-electron chi connectivity index (χ4n) is 2.92. The maximum absolute atomic E-state index is 13.0. The number of hydrogen-bond donors (Lipinski definition) is 1. The van der Waals surface area contributed by atoms with Crippen LogP contribution in [0.15, 0.2) is 42.6 Å². The number of nitrogens with one attached hydrogen (secondary N) is 1. The highest BCUT2D eigenvalue weighted by atomic mass is 35.5. The van der Waals surface area contributed by atoms with Crippen LogP contribution in [-0.4, -0.2) is 45.5 Å². The van der Waals surface area contributed by atoms with Crippen LogP contribution in [0.1, 0.15) is 22.2 Å². The number of fused-ring (bicyclic) bond motifs is 1. The van der Waals surface area contributed by atoms with E-state index in [2.05, 4.69) is 15.0 Å². The lowest BCUT2D eigenvalue weighted by atomic mass is 10.1. The van der Waals surface area contributed by atoms with Gasteiger partial charge in [-0.05, 0) is 30.3 Å². The van der Waals surface area contributed by atoms with Crippen LogP contribution in [0.25, 0.3) is 11.0 Å². The molecule has 7 heteroatoms. The van der Waals surface area contributed by atoms with E-state index in [-0.39, 0.29) is 11.9 Å². The number of ether oxygens (including phenoxy) is 1. The highest BCUT2D eigenvalue weighted by Gasteiger charge is 2.31. The standard InChI is InChI=1S/C17H15ClN4O2/c18-15-5-4-11-9-13(20-16(11)21-15)17(23)22-7-8-24-10-14(22)12-3-1-2-6-19-12/h1-6,9,14H,7-8,10H2,(H,20,21)/t14-/m1/s1. The Kier molecular flexibility index (Phi) is 3.92. The number of morpholine rings is 1. The molecule has 0 saturated carbocycles. The van der Waals surface area contributed by atoms with Gasteiger partial charge in [-0.1, -0.05) is 17.7 Å². The van der Waals surface area contributed by atoms with Crippen LogP contribution < -0.4 is 0 Å². The van der Waals surface area contributed by atoms with Gasteiger partial charge in [0.25, 0.3) is 5.91 Å². The second kappa shape index (κ2) is 6.22. The third kappa shape index (κ3) is 2.74. The van der Waals surface area contributed by atoms with E-state index in [4.69, 9.17) is 16.3 Å². The molecule has 1 atom stereocenters. The van der Waals surface area contributed by atoms with Crippen molar-refractivity contribution in [1.29, 1.82) is 0 Å². The van der Waals surface area contributed by atoms with Gasteiger partial charge in [-0.3, -0.25) is 9.78 Å². The van der Waals surface area contributed by atoms with E-state index in [1.165, 1.54) is 0 Å². The van der Waals surface area contributed by atoms with E-state index in [1.807, 2.05) is 24.3 Å². The molecule has 0 aliphatic carbocycles. The fourth-order valence-corrected chi connectivity index (χ4v) is 3.06.